The van der Waals surface area contributed by atoms with Crippen molar-refractivity contribution in [2.45, 2.75) is 72.4 Å². The van der Waals surface area contributed by atoms with Gasteiger partial charge >= 0.3 is 0 Å². The Morgan fingerprint density at radius 3 is 2.32 bits per heavy atom. The highest BCUT2D eigenvalue weighted by Gasteiger charge is 2.40. The van der Waals surface area contributed by atoms with E-state index in [4.69, 9.17) is 0 Å². The Bertz CT molecular complexity index is 492. The van der Waals surface area contributed by atoms with Crippen LogP contribution in [0.2, 0.25) is 0 Å². The van der Waals surface area contributed by atoms with Crippen molar-refractivity contribution in [2.24, 2.45) is 11.3 Å². The summed E-state index contributed by atoms with van der Waals surface area (Å²) >= 11 is 0. The lowest BCUT2D eigenvalue weighted by Crippen LogP contribution is -2.47. The van der Waals surface area contributed by atoms with Crippen molar-refractivity contribution in [3.8, 4) is 0 Å². The van der Waals surface area contributed by atoms with Crippen molar-refractivity contribution >= 4 is 5.91 Å². The van der Waals surface area contributed by atoms with E-state index in [1.807, 2.05) is 6.07 Å². The lowest BCUT2D eigenvalue weighted by molar-refractivity contribution is -0.145. The highest BCUT2D eigenvalue weighted by atomic mass is 16.2. The number of benzene rings is 1. The van der Waals surface area contributed by atoms with Crippen molar-refractivity contribution in [2.75, 3.05) is 0 Å². The number of nitrogens with zero attached hydrogens (tertiary/aromatic N) is 1. The molecule has 0 spiro atoms. The number of hydrogen-bond donors (Lipinski definition) is 0. The Hall–Kier alpha value is -1.31. The Balaban J connectivity index is 2.26. The molecule has 0 saturated heterocycles. The third kappa shape index (κ3) is 3.53. The maximum atomic E-state index is 13.3. The minimum Gasteiger partial charge on any atom is -0.333 e. The second kappa shape index (κ2) is 6.85. The Morgan fingerprint density at radius 2 is 1.77 bits per heavy atom. The zero-order valence-electron chi connectivity index (χ0n) is 14.8. The average Bonchev–Trinajstić information content (AvgIpc) is 2.47. The van der Waals surface area contributed by atoms with Crippen molar-refractivity contribution < 1.29 is 4.79 Å². The highest BCUT2D eigenvalue weighted by molar-refractivity contribution is 5.80. The summed E-state index contributed by atoms with van der Waals surface area (Å²) in [7, 11) is 0. The third-order valence-corrected chi connectivity index (χ3v) is 5.32. The van der Waals surface area contributed by atoms with Crippen molar-refractivity contribution in [3.63, 3.8) is 0 Å². The molecule has 0 heterocycles. The molecule has 0 aromatic heterocycles. The summed E-state index contributed by atoms with van der Waals surface area (Å²) in [6.45, 7) is 10.9. The molecule has 1 aromatic rings. The van der Waals surface area contributed by atoms with Crippen LogP contribution in [0.1, 0.15) is 71.9 Å². The summed E-state index contributed by atoms with van der Waals surface area (Å²) in [6.07, 6.45) is 4.64. The van der Waals surface area contributed by atoms with Crippen LogP contribution >= 0.6 is 0 Å². The van der Waals surface area contributed by atoms with Crippen LogP contribution in [0.4, 0.5) is 0 Å². The topological polar surface area (TPSA) is 20.3 Å². The molecule has 1 saturated carbocycles. The van der Waals surface area contributed by atoms with Crippen LogP contribution in [0.5, 0.6) is 0 Å². The van der Waals surface area contributed by atoms with Crippen LogP contribution in [-0.2, 0) is 4.79 Å². The van der Waals surface area contributed by atoms with Gasteiger partial charge in [-0.3, -0.25) is 4.79 Å². The fourth-order valence-electron chi connectivity index (χ4n) is 3.92. The first kappa shape index (κ1) is 17.1. The van der Waals surface area contributed by atoms with Gasteiger partial charge in [0.1, 0.15) is 0 Å². The van der Waals surface area contributed by atoms with Crippen LogP contribution in [0, 0.1) is 11.3 Å². The van der Waals surface area contributed by atoms with Gasteiger partial charge < -0.3 is 4.90 Å². The van der Waals surface area contributed by atoms with E-state index in [2.05, 4.69) is 63.8 Å². The SMILES string of the molecule is CC(C)N(C(=O)C1CCCCC1(C)C)C(C)c1ccccc1. The fraction of sp³-hybridized carbons (Fsp3) is 0.650. The summed E-state index contributed by atoms with van der Waals surface area (Å²) in [5.41, 5.74) is 1.34. The summed E-state index contributed by atoms with van der Waals surface area (Å²) < 4.78 is 0. The van der Waals surface area contributed by atoms with Gasteiger partial charge in [-0.05, 0) is 44.6 Å². The van der Waals surface area contributed by atoms with E-state index in [0.29, 0.717) is 5.91 Å². The zero-order valence-corrected chi connectivity index (χ0v) is 14.8. The number of amides is 1. The minimum absolute atomic E-state index is 0.124. The standard InChI is InChI=1S/C20H31NO/c1-15(2)21(16(3)17-11-7-6-8-12-17)19(22)18-13-9-10-14-20(18,4)5/h6-8,11-12,15-16,18H,9-10,13-14H2,1-5H3. The van der Waals surface area contributed by atoms with E-state index < -0.39 is 0 Å². The molecule has 1 aromatic carbocycles. The number of carbonyl (C=O) groups excluding carboxylic acids is 1. The molecule has 2 nitrogen and oxygen atoms in total. The van der Waals surface area contributed by atoms with E-state index >= 15 is 0 Å². The lowest BCUT2D eigenvalue weighted by atomic mass is 9.68. The van der Waals surface area contributed by atoms with E-state index in [1.54, 1.807) is 0 Å². The summed E-state index contributed by atoms with van der Waals surface area (Å²) in [4.78, 5) is 15.4. The van der Waals surface area contributed by atoms with Gasteiger partial charge in [0.15, 0.2) is 0 Å². The molecule has 0 radical (unpaired) electrons. The Kier molecular flexibility index (Phi) is 5.31. The molecule has 1 aliphatic rings. The second-order valence-electron chi connectivity index (χ2n) is 7.71. The number of hydrogen-bond acceptors (Lipinski definition) is 1. The van der Waals surface area contributed by atoms with Crippen LogP contribution < -0.4 is 0 Å². The van der Waals surface area contributed by atoms with Gasteiger partial charge in [-0.2, -0.15) is 0 Å². The monoisotopic (exact) mass is 301 g/mol. The maximum absolute atomic E-state index is 13.3. The van der Waals surface area contributed by atoms with Gasteiger partial charge in [0.25, 0.3) is 0 Å². The normalized spacial score (nSPS) is 22.4. The second-order valence-corrected chi connectivity index (χ2v) is 7.71. The molecule has 0 aliphatic heterocycles. The molecular weight excluding hydrogens is 270 g/mol. The van der Waals surface area contributed by atoms with Crippen LogP contribution in [0.15, 0.2) is 30.3 Å². The molecule has 0 N–H and O–H groups in total. The van der Waals surface area contributed by atoms with Gasteiger partial charge in [-0.1, -0.05) is 57.0 Å². The predicted octanol–water partition coefficient (Wildman–Crippen LogP) is 5.20. The molecule has 2 heteroatoms. The number of carbonyl (C=O) groups is 1. The zero-order chi connectivity index (χ0) is 16.3. The average molecular weight is 301 g/mol. The molecule has 0 bridgehead atoms. The van der Waals surface area contributed by atoms with Crippen LogP contribution in [-0.4, -0.2) is 16.8 Å². The molecular formula is C20H31NO. The lowest BCUT2D eigenvalue weighted by Gasteiger charge is -2.43. The quantitative estimate of drug-likeness (QED) is 0.748. The number of rotatable bonds is 4. The van der Waals surface area contributed by atoms with Gasteiger partial charge in [-0.15, -0.1) is 0 Å². The first-order valence-electron chi connectivity index (χ1n) is 8.71. The van der Waals surface area contributed by atoms with E-state index in [9.17, 15) is 4.79 Å². The maximum Gasteiger partial charge on any atom is 0.226 e. The van der Waals surface area contributed by atoms with Crippen molar-refractivity contribution in [3.05, 3.63) is 35.9 Å². The molecule has 2 unspecified atom stereocenters. The molecule has 122 valence electrons. The first-order valence-corrected chi connectivity index (χ1v) is 8.71. The smallest absolute Gasteiger partial charge is 0.226 e. The van der Waals surface area contributed by atoms with Crippen LogP contribution in [0.25, 0.3) is 0 Å². The molecule has 22 heavy (non-hydrogen) atoms. The van der Waals surface area contributed by atoms with Crippen molar-refractivity contribution in [1.29, 1.82) is 0 Å². The molecule has 1 fully saturated rings. The third-order valence-electron chi connectivity index (χ3n) is 5.32. The van der Waals surface area contributed by atoms with Gasteiger partial charge in [-0.25, -0.2) is 0 Å². The van der Waals surface area contributed by atoms with Crippen molar-refractivity contribution in [1.82, 2.24) is 4.90 Å². The Labute approximate surface area is 135 Å². The molecule has 2 atom stereocenters. The fourth-order valence-corrected chi connectivity index (χ4v) is 3.92. The summed E-state index contributed by atoms with van der Waals surface area (Å²) in [6, 6.07) is 10.7. The summed E-state index contributed by atoms with van der Waals surface area (Å²) in [5.74, 6) is 0.505. The van der Waals surface area contributed by atoms with E-state index in [1.165, 1.54) is 18.4 Å². The van der Waals surface area contributed by atoms with E-state index in [-0.39, 0.29) is 23.4 Å². The predicted molar refractivity (Wildman–Crippen MR) is 92.6 cm³/mol. The van der Waals surface area contributed by atoms with E-state index in [0.717, 1.165) is 12.8 Å². The Morgan fingerprint density at radius 1 is 1.14 bits per heavy atom. The van der Waals surface area contributed by atoms with Gasteiger partial charge in [0.2, 0.25) is 5.91 Å². The molecule has 1 aliphatic carbocycles. The summed E-state index contributed by atoms with van der Waals surface area (Å²) in [5, 5.41) is 0. The van der Waals surface area contributed by atoms with Gasteiger partial charge in [0.05, 0.1) is 6.04 Å². The largest absolute Gasteiger partial charge is 0.333 e. The van der Waals surface area contributed by atoms with Crippen LogP contribution in [0.3, 0.4) is 0 Å². The first-order chi connectivity index (χ1) is 10.3. The molecule has 1 amide bonds. The minimum atomic E-state index is 0.124. The van der Waals surface area contributed by atoms with Gasteiger partial charge in [0, 0.05) is 12.0 Å². The molecule has 2 rings (SSSR count). The highest BCUT2D eigenvalue weighted by Crippen LogP contribution is 2.42.